The normalized spacial score (nSPS) is 10.0. The molecule has 0 heterocycles. The van der Waals surface area contributed by atoms with Gasteiger partial charge < -0.3 is 15.4 Å². The molecule has 1 amide bonds. The first-order valence-corrected chi connectivity index (χ1v) is 7.54. The Kier molecular flexibility index (Phi) is 5.80. The lowest BCUT2D eigenvalue weighted by Gasteiger charge is -2.12. The maximum absolute atomic E-state index is 12.1. The third-order valence-corrected chi connectivity index (χ3v) is 3.53. The summed E-state index contributed by atoms with van der Waals surface area (Å²) in [6.07, 6.45) is 1.68. The minimum atomic E-state index is -0.105. The number of carbonyl (C=O) groups is 1. The molecule has 0 unspecified atom stereocenters. The smallest absolute Gasteiger partial charge is 0.243 e. The molecule has 0 radical (unpaired) electrons. The van der Waals surface area contributed by atoms with E-state index in [4.69, 9.17) is 4.74 Å². The van der Waals surface area contributed by atoms with Gasteiger partial charge in [0.05, 0.1) is 6.54 Å². The number of nitrogens with one attached hydrogen (secondary N) is 2. The lowest BCUT2D eigenvalue weighted by molar-refractivity contribution is -0.114. The van der Waals surface area contributed by atoms with Crippen LogP contribution in [0.5, 0.6) is 5.75 Å². The average molecular weight is 310 g/mol. The zero-order valence-corrected chi connectivity index (χ0v) is 13.6. The van der Waals surface area contributed by atoms with Crippen molar-refractivity contribution in [1.29, 1.82) is 0 Å². The summed E-state index contributed by atoms with van der Waals surface area (Å²) in [6.45, 7) is 8.34. The Hall–Kier alpha value is -2.75. The van der Waals surface area contributed by atoms with Gasteiger partial charge in [0.2, 0.25) is 5.91 Å². The maximum atomic E-state index is 12.1. The van der Waals surface area contributed by atoms with E-state index in [1.165, 1.54) is 5.56 Å². The molecule has 0 aliphatic heterocycles. The summed E-state index contributed by atoms with van der Waals surface area (Å²) in [5, 5.41) is 6.02. The summed E-state index contributed by atoms with van der Waals surface area (Å²) >= 11 is 0. The summed E-state index contributed by atoms with van der Waals surface area (Å²) < 4.78 is 5.45. The van der Waals surface area contributed by atoms with E-state index in [1.807, 2.05) is 37.3 Å². The van der Waals surface area contributed by atoms with Crippen LogP contribution in [0, 0.1) is 13.8 Å². The molecule has 120 valence electrons. The Bertz CT molecular complexity index is 696. The van der Waals surface area contributed by atoms with E-state index in [-0.39, 0.29) is 12.5 Å². The van der Waals surface area contributed by atoms with E-state index in [9.17, 15) is 4.79 Å². The molecule has 4 heteroatoms. The Morgan fingerprint density at radius 3 is 2.78 bits per heavy atom. The lowest BCUT2D eigenvalue weighted by Crippen LogP contribution is -2.22. The second kappa shape index (κ2) is 8.03. The highest BCUT2D eigenvalue weighted by molar-refractivity contribution is 5.94. The van der Waals surface area contributed by atoms with Crippen molar-refractivity contribution < 1.29 is 9.53 Å². The largest absolute Gasteiger partial charge is 0.489 e. The number of amides is 1. The number of aryl methyl sites for hydroxylation is 1. The summed E-state index contributed by atoms with van der Waals surface area (Å²) in [4.78, 5) is 12.1. The van der Waals surface area contributed by atoms with Gasteiger partial charge in [0, 0.05) is 17.4 Å². The zero-order chi connectivity index (χ0) is 16.7. The third kappa shape index (κ3) is 4.88. The number of benzene rings is 2. The van der Waals surface area contributed by atoms with Crippen LogP contribution in [0.15, 0.2) is 55.1 Å². The second-order valence-corrected chi connectivity index (χ2v) is 5.28. The van der Waals surface area contributed by atoms with Crippen LogP contribution in [0.3, 0.4) is 0 Å². The molecular weight excluding hydrogens is 288 g/mol. The molecule has 0 fully saturated rings. The van der Waals surface area contributed by atoms with Gasteiger partial charge in [-0.15, -0.1) is 0 Å². The zero-order valence-electron chi connectivity index (χ0n) is 13.6. The van der Waals surface area contributed by atoms with Crippen LogP contribution in [0.4, 0.5) is 11.4 Å². The number of hydrogen-bond donors (Lipinski definition) is 2. The van der Waals surface area contributed by atoms with Gasteiger partial charge in [-0.05, 0) is 43.2 Å². The monoisotopic (exact) mass is 310 g/mol. The van der Waals surface area contributed by atoms with Crippen molar-refractivity contribution in [2.45, 2.75) is 13.8 Å². The minimum Gasteiger partial charge on any atom is -0.489 e. The molecule has 0 saturated carbocycles. The Morgan fingerprint density at radius 2 is 2.00 bits per heavy atom. The molecule has 0 aliphatic carbocycles. The maximum Gasteiger partial charge on any atom is 0.243 e. The van der Waals surface area contributed by atoms with Crippen LogP contribution in [0.25, 0.3) is 0 Å². The van der Waals surface area contributed by atoms with E-state index < -0.39 is 0 Å². The molecule has 0 bridgehead atoms. The number of ether oxygens (including phenoxy) is 1. The van der Waals surface area contributed by atoms with Gasteiger partial charge in [0.25, 0.3) is 0 Å². The van der Waals surface area contributed by atoms with Crippen molar-refractivity contribution in [2.24, 2.45) is 0 Å². The van der Waals surface area contributed by atoms with Crippen molar-refractivity contribution in [3.63, 3.8) is 0 Å². The molecule has 0 spiro atoms. The van der Waals surface area contributed by atoms with Gasteiger partial charge in [-0.25, -0.2) is 0 Å². The van der Waals surface area contributed by atoms with Gasteiger partial charge in [0.1, 0.15) is 12.4 Å². The van der Waals surface area contributed by atoms with E-state index in [0.717, 1.165) is 11.3 Å². The molecule has 2 rings (SSSR count). The molecule has 2 N–H and O–H groups in total. The Balaban J connectivity index is 1.92. The fourth-order valence-electron chi connectivity index (χ4n) is 2.14. The highest BCUT2D eigenvalue weighted by atomic mass is 16.5. The van der Waals surface area contributed by atoms with Crippen LogP contribution < -0.4 is 15.4 Å². The SMILES string of the molecule is C=CCOc1cccc(NC(=O)CNc2cccc(C)c2C)c1. The quantitative estimate of drug-likeness (QED) is 0.762. The van der Waals surface area contributed by atoms with E-state index >= 15 is 0 Å². The Morgan fingerprint density at radius 1 is 1.22 bits per heavy atom. The first-order valence-electron chi connectivity index (χ1n) is 7.54. The van der Waals surface area contributed by atoms with Gasteiger partial charge >= 0.3 is 0 Å². The molecule has 4 nitrogen and oxygen atoms in total. The van der Waals surface area contributed by atoms with Gasteiger partial charge in [-0.2, -0.15) is 0 Å². The topological polar surface area (TPSA) is 50.4 Å². The number of anilines is 2. The van der Waals surface area contributed by atoms with Crippen molar-refractivity contribution in [2.75, 3.05) is 23.8 Å². The standard InChI is InChI=1S/C19H22N2O2/c1-4-11-23-17-9-6-8-16(12-17)21-19(22)13-20-18-10-5-7-14(2)15(18)3/h4-10,12,20H,1,11,13H2,2-3H3,(H,21,22). The van der Waals surface area contributed by atoms with Crippen LogP contribution in [0.1, 0.15) is 11.1 Å². The summed E-state index contributed by atoms with van der Waals surface area (Å²) in [6, 6.07) is 13.3. The van der Waals surface area contributed by atoms with Crippen LogP contribution in [0.2, 0.25) is 0 Å². The predicted octanol–water partition coefficient (Wildman–Crippen LogP) is 3.92. The highest BCUT2D eigenvalue weighted by Gasteiger charge is 2.05. The molecule has 2 aromatic carbocycles. The molecule has 0 aromatic heterocycles. The van der Waals surface area contributed by atoms with E-state index in [1.54, 1.807) is 12.1 Å². The van der Waals surface area contributed by atoms with Gasteiger partial charge in [0.15, 0.2) is 0 Å². The number of rotatable bonds is 7. The van der Waals surface area contributed by atoms with Gasteiger partial charge in [-0.3, -0.25) is 4.79 Å². The van der Waals surface area contributed by atoms with Crippen LogP contribution in [-0.4, -0.2) is 19.1 Å². The molecule has 23 heavy (non-hydrogen) atoms. The van der Waals surface area contributed by atoms with Crippen LogP contribution in [-0.2, 0) is 4.79 Å². The van der Waals surface area contributed by atoms with E-state index in [0.29, 0.717) is 18.0 Å². The Labute approximate surface area is 137 Å². The van der Waals surface area contributed by atoms with Crippen LogP contribution >= 0.6 is 0 Å². The van der Waals surface area contributed by atoms with Crippen molar-refractivity contribution >= 4 is 17.3 Å². The molecular formula is C19H22N2O2. The van der Waals surface area contributed by atoms with Crippen molar-refractivity contribution in [3.05, 3.63) is 66.2 Å². The fourth-order valence-corrected chi connectivity index (χ4v) is 2.14. The number of hydrogen-bond acceptors (Lipinski definition) is 3. The lowest BCUT2D eigenvalue weighted by atomic mass is 10.1. The molecule has 0 saturated heterocycles. The summed E-state index contributed by atoms with van der Waals surface area (Å²) in [5.74, 6) is 0.594. The molecule has 0 aliphatic rings. The number of carbonyl (C=O) groups excluding carboxylic acids is 1. The van der Waals surface area contributed by atoms with Crippen molar-refractivity contribution in [1.82, 2.24) is 0 Å². The highest BCUT2D eigenvalue weighted by Crippen LogP contribution is 2.19. The fraction of sp³-hybridized carbons (Fsp3) is 0.211. The summed E-state index contributed by atoms with van der Waals surface area (Å²) in [5.41, 5.74) is 4.03. The van der Waals surface area contributed by atoms with Crippen molar-refractivity contribution in [3.8, 4) is 5.75 Å². The third-order valence-electron chi connectivity index (χ3n) is 3.53. The van der Waals surface area contributed by atoms with E-state index in [2.05, 4.69) is 30.2 Å². The minimum absolute atomic E-state index is 0.105. The van der Waals surface area contributed by atoms with Gasteiger partial charge in [-0.1, -0.05) is 30.9 Å². The average Bonchev–Trinajstić information content (AvgIpc) is 2.54. The first-order chi connectivity index (χ1) is 11.1. The first kappa shape index (κ1) is 16.6. The second-order valence-electron chi connectivity index (χ2n) is 5.28. The summed E-state index contributed by atoms with van der Waals surface area (Å²) in [7, 11) is 0. The predicted molar refractivity (Wildman–Crippen MR) is 95.2 cm³/mol. The molecule has 0 atom stereocenters. The molecule has 2 aromatic rings.